The number of nitrogens with zero attached hydrogens (tertiary/aromatic N) is 2. The van der Waals surface area contributed by atoms with Gasteiger partial charge in [-0.1, -0.05) is 17.7 Å². The predicted molar refractivity (Wildman–Crippen MR) is 75.9 cm³/mol. The van der Waals surface area contributed by atoms with E-state index >= 15 is 0 Å². The first-order valence-electron chi connectivity index (χ1n) is 5.70. The molecule has 0 radical (unpaired) electrons. The average Bonchev–Trinajstić information content (AvgIpc) is 2.72. The summed E-state index contributed by atoms with van der Waals surface area (Å²) in [5.74, 6) is 0. The summed E-state index contributed by atoms with van der Waals surface area (Å²) in [6, 6.07) is 5.52. The van der Waals surface area contributed by atoms with E-state index in [2.05, 4.69) is 21.0 Å². The molecule has 1 aromatic carbocycles. The summed E-state index contributed by atoms with van der Waals surface area (Å²) in [7, 11) is 0. The van der Waals surface area contributed by atoms with Crippen LogP contribution in [0.25, 0.3) is 0 Å². The Morgan fingerprint density at radius 2 is 2.22 bits per heavy atom. The lowest BCUT2D eigenvalue weighted by atomic mass is 10.0. The largest absolute Gasteiger partial charge is 0.382 e. The highest BCUT2D eigenvalue weighted by atomic mass is 79.9. The number of aryl methyl sites for hydroxylation is 2. The monoisotopic (exact) mass is 328 g/mol. The lowest BCUT2D eigenvalue weighted by molar-refractivity contribution is 0.206. The summed E-state index contributed by atoms with van der Waals surface area (Å²) in [4.78, 5) is 0. The van der Waals surface area contributed by atoms with Crippen molar-refractivity contribution in [2.24, 2.45) is 0 Å². The quantitative estimate of drug-likeness (QED) is 0.932. The van der Waals surface area contributed by atoms with E-state index in [-0.39, 0.29) is 0 Å². The van der Waals surface area contributed by atoms with Crippen molar-refractivity contribution in [3.05, 3.63) is 50.7 Å². The van der Waals surface area contributed by atoms with Crippen LogP contribution in [0.1, 0.15) is 29.8 Å². The molecule has 3 nitrogen and oxygen atoms in total. The van der Waals surface area contributed by atoms with Gasteiger partial charge in [0.05, 0.1) is 16.4 Å². The molecule has 0 saturated heterocycles. The van der Waals surface area contributed by atoms with Crippen LogP contribution in [0.2, 0.25) is 5.02 Å². The maximum atomic E-state index is 10.5. The van der Waals surface area contributed by atoms with E-state index in [4.69, 9.17) is 11.6 Å². The number of aromatic nitrogens is 2. The van der Waals surface area contributed by atoms with Gasteiger partial charge in [0.25, 0.3) is 0 Å². The highest BCUT2D eigenvalue weighted by Crippen LogP contribution is 2.31. The van der Waals surface area contributed by atoms with Crippen molar-refractivity contribution < 1.29 is 5.11 Å². The molecule has 0 aliphatic rings. The topological polar surface area (TPSA) is 38.0 Å². The van der Waals surface area contributed by atoms with Crippen LogP contribution in [0.15, 0.2) is 28.9 Å². The Hall–Kier alpha value is -0.840. The molecule has 0 aliphatic heterocycles. The second-order valence-electron chi connectivity index (χ2n) is 4.10. The van der Waals surface area contributed by atoms with Gasteiger partial charge >= 0.3 is 0 Å². The first-order valence-corrected chi connectivity index (χ1v) is 6.87. The van der Waals surface area contributed by atoms with Crippen LogP contribution in [0.5, 0.6) is 0 Å². The Kier molecular flexibility index (Phi) is 4.10. The molecule has 96 valence electrons. The third-order valence-electron chi connectivity index (χ3n) is 2.93. The minimum absolute atomic E-state index is 0.619. The van der Waals surface area contributed by atoms with Gasteiger partial charge in [-0.05, 0) is 53.0 Å². The molecule has 0 bridgehead atoms. The highest BCUT2D eigenvalue weighted by Gasteiger charge is 2.20. The summed E-state index contributed by atoms with van der Waals surface area (Å²) in [6.45, 7) is 4.65. The standard InChI is InChI=1S/C13H14BrClN2O/c1-3-17-12(11(14)7-16-17)13(18)10-6-9(15)5-4-8(10)2/h4-7,13,18H,3H2,1-2H3. The van der Waals surface area contributed by atoms with Gasteiger partial charge in [0.1, 0.15) is 6.10 Å². The summed E-state index contributed by atoms with van der Waals surface area (Å²) in [6.07, 6.45) is 0.961. The van der Waals surface area contributed by atoms with Gasteiger partial charge < -0.3 is 5.11 Å². The Morgan fingerprint density at radius 1 is 1.50 bits per heavy atom. The Labute approximate surface area is 120 Å². The minimum atomic E-state index is -0.736. The van der Waals surface area contributed by atoms with Crippen molar-refractivity contribution in [3.8, 4) is 0 Å². The number of halogens is 2. The predicted octanol–water partition coefficient (Wildman–Crippen LogP) is 3.71. The second-order valence-corrected chi connectivity index (χ2v) is 5.39. The van der Waals surface area contributed by atoms with Crippen LogP contribution in [0.3, 0.4) is 0 Å². The molecule has 1 heterocycles. The van der Waals surface area contributed by atoms with Crippen LogP contribution < -0.4 is 0 Å². The zero-order chi connectivity index (χ0) is 13.3. The Balaban J connectivity index is 2.50. The van der Waals surface area contributed by atoms with Gasteiger partial charge in [-0.2, -0.15) is 5.10 Å². The molecule has 0 saturated carbocycles. The average molecular weight is 330 g/mol. The lowest BCUT2D eigenvalue weighted by Crippen LogP contribution is -2.10. The second kappa shape index (κ2) is 5.43. The number of rotatable bonds is 3. The molecule has 1 atom stereocenters. The molecule has 5 heteroatoms. The smallest absolute Gasteiger partial charge is 0.122 e. The van der Waals surface area contributed by atoms with E-state index < -0.39 is 6.10 Å². The van der Waals surface area contributed by atoms with Gasteiger partial charge in [-0.25, -0.2) is 0 Å². The van der Waals surface area contributed by atoms with Gasteiger partial charge in [-0.15, -0.1) is 0 Å². The summed E-state index contributed by atoms with van der Waals surface area (Å²) in [5, 5.41) is 15.4. The fourth-order valence-electron chi connectivity index (χ4n) is 1.95. The van der Waals surface area contributed by atoms with E-state index in [1.165, 1.54) is 0 Å². The van der Waals surface area contributed by atoms with Crippen molar-refractivity contribution in [2.75, 3.05) is 0 Å². The molecular formula is C13H14BrClN2O. The number of hydrogen-bond donors (Lipinski definition) is 1. The SMILES string of the molecule is CCn1ncc(Br)c1C(O)c1cc(Cl)ccc1C. The van der Waals surface area contributed by atoms with Crippen LogP contribution in [-0.4, -0.2) is 14.9 Å². The van der Waals surface area contributed by atoms with Gasteiger partial charge in [0.15, 0.2) is 0 Å². The fraction of sp³-hybridized carbons (Fsp3) is 0.308. The number of aliphatic hydroxyl groups is 1. The maximum absolute atomic E-state index is 10.5. The zero-order valence-electron chi connectivity index (χ0n) is 10.2. The van der Waals surface area contributed by atoms with Crippen molar-refractivity contribution in [2.45, 2.75) is 26.5 Å². The normalized spacial score (nSPS) is 12.7. The summed E-state index contributed by atoms with van der Waals surface area (Å²) in [5.41, 5.74) is 2.56. The molecule has 1 unspecified atom stereocenters. The van der Waals surface area contributed by atoms with Crippen molar-refractivity contribution in [3.63, 3.8) is 0 Å². The molecule has 1 N–H and O–H groups in total. The molecule has 0 aliphatic carbocycles. The Morgan fingerprint density at radius 3 is 2.89 bits per heavy atom. The number of aliphatic hydroxyl groups excluding tert-OH is 1. The van der Waals surface area contributed by atoms with E-state index in [0.29, 0.717) is 11.6 Å². The Bertz CT molecular complexity index is 568. The molecule has 2 rings (SSSR count). The van der Waals surface area contributed by atoms with Crippen LogP contribution in [0, 0.1) is 6.92 Å². The fourth-order valence-corrected chi connectivity index (χ4v) is 2.64. The number of benzene rings is 1. The third kappa shape index (κ3) is 2.46. The number of hydrogen-bond acceptors (Lipinski definition) is 2. The van der Waals surface area contributed by atoms with Crippen LogP contribution in [-0.2, 0) is 6.54 Å². The van der Waals surface area contributed by atoms with Crippen molar-refractivity contribution in [1.82, 2.24) is 9.78 Å². The molecule has 0 amide bonds. The summed E-state index contributed by atoms with van der Waals surface area (Å²) >= 11 is 9.41. The van der Waals surface area contributed by atoms with Crippen molar-refractivity contribution >= 4 is 27.5 Å². The summed E-state index contributed by atoms with van der Waals surface area (Å²) < 4.78 is 2.57. The molecule has 2 aromatic rings. The molecule has 0 fully saturated rings. The first-order chi connectivity index (χ1) is 8.54. The van der Waals surface area contributed by atoms with Gasteiger partial charge in [-0.3, -0.25) is 4.68 Å². The highest BCUT2D eigenvalue weighted by molar-refractivity contribution is 9.10. The molecule has 18 heavy (non-hydrogen) atoms. The van der Waals surface area contributed by atoms with Gasteiger partial charge in [0.2, 0.25) is 0 Å². The van der Waals surface area contributed by atoms with Gasteiger partial charge in [0, 0.05) is 11.6 Å². The van der Waals surface area contributed by atoms with E-state index in [1.807, 2.05) is 26.0 Å². The third-order valence-corrected chi connectivity index (χ3v) is 3.77. The van der Waals surface area contributed by atoms with E-state index in [0.717, 1.165) is 21.3 Å². The molecule has 1 aromatic heterocycles. The first kappa shape index (κ1) is 13.6. The molecular weight excluding hydrogens is 316 g/mol. The van der Waals surface area contributed by atoms with Crippen LogP contribution >= 0.6 is 27.5 Å². The lowest BCUT2D eigenvalue weighted by Gasteiger charge is -2.16. The van der Waals surface area contributed by atoms with E-state index in [1.54, 1.807) is 16.9 Å². The van der Waals surface area contributed by atoms with Crippen LogP contribution in [0.4, 0.5) is 0 Å². The maximum Gasteiger partial charge on any atom is 0.122 e. The molecule has 0 spiro atoms. The zero-order valence-corrected chi connectivity index (χ0v) is 12.5. The van der Waals surface area contributed by atoms with Crippen molar-refractivity contribution in [1.29, 1.82) is 0 Å². The minimum Gasteiger partial charge on any atom is -0.382 e. The van der Waals surface area contributed by atoms with E-state index in [9.17, 15) is 5.11 Å².